The fourth-order valence-corrected chi connectivity index (χ4v) is 1.71. The summed E-state index contributed by atoms with van der Waals surface area (Å²) < 4.78 is 0. The molecule has 1 aromatic heterocycles. The van der Waals surface area contributed by atoms with Crippen LogP contribution >= 0.6 is 0 Å². The summed E-state index contributed by atoms with van der Waals surface area (Å²) in [6.07, 6.45) is 3.33. The molecule has 0 aliphatic rings. The van der Waals surface area contributed by atoms with Gasteiger partial charge in [-0.1, -0.05) is 24.3 Å². The van der Waals surface area contributed by atoms with Gasteiger partial charge in [-0.3, -0.25) is 4.98 Å². The molecule has 0 unspecified atom stereocenters. The average Bonchev–Trinajstić information content (AvgIpc) is 2.29. The topological polar surface area (TPSA) is 50.2 Å². The highest BCUT2D eigenvalue weighted by atomic mass is 16.4. The van der Waals surface area contributed by atoms with Crippen molar-refractivity contribution in [1.29, 1.82) is 0 Å². The Morgan fingerprint density at radius 1 is 1.25 bits per heavy atom. The maximum Gasteiger partial charge on any atom is 0.336 e. The smallest absolute Gasteiger partial charge is 0.336 e. The van der Waals surface area contributed by atoms with E-state index in [1.54, 1.807) is 37.5 Å². The van der Waals surface area contributed by atoms with Crippen molar-refractivity contribution < 1.29 is 9.90 Å². The molecule has 1 aromatic carbocycles. The van der Waals surface area contributed by atoms with Crippen molar-refractivity contribution in [2.75, 3.05) is 0 Å². The van der Waals surface area contributed by atoms with Gasteiger partial charge in [-0.05, 0) is 24.1 Å². The largest absolute Gasteiger partial charge is 0.478 e. The first-order valence-electron chi connectivity index (χ1n) is 4.93. The van der Waals surface area contributed by atoms with E-state index >= 15 is 0 Å². The zero-order valence-corrected chi connectivity index (χ0v) is 8.84. The fourth-order valence-electron chi connectivity index (χ4n) is 1.71. The highest BCUT2D eigenvalue weighted by molar-refractivity contribution is 5.97. The fraction of sp³-hybridized carbons (Fsp3) is 0.0769. The molecule has 1 heterocycles. The van der Waals surface area contributed by atoms with Crippen LogP contribution in [0.5, 0.6) is 0 Å². The predicted octanol–water partition coefficient (Wildman–Crippen LogP) is 2.76. The normalized spacial score (nSPS) is 10.1. The van der Waals surface area contributed by atoms with Gasteiger partial charge in [-0.15, -0.1) is 0 Å². The lowest BCUT2D eigenvalue weighted by Crippen LogP contribution is -2.02. The van der Waals surface area contributed by atoms with Crippen LogP contribution in [0.15, 0.2) is 42.7 Å². The lowest BCUT2D eigenvalue weighted by atomic mass is 9.97. The van der Waals surface area contributed by atoms with E-state index in [0.29, 0.717) is 11.1 Å². The molecule has 0 saturated heterocycles. The SMILES string of the molecule is Cc1cccc(-c2cccnc2)c1C(=O)O. The number of hydrogen-bond acceptors (Lipinski definition) is 2. The van der Waals surface area contributed by atoms with E-state index in [2.05, 4.69) is 4.98 Å². The number of carbonyl (C=O) groups is 1. The van der Waals surface area contributed by atoms with E-state index in [9.17, 15) is 9.90 Å². The summed E-state index contributed by atoms with van der Waals surface area (Å²) in [6.45, 7) is 1.79. The van der Waals surface area contributed by atoms with Crippen molar-refractivity contribution in [2.24, 2.45) is 0 Å². The maximum atomic E-state index is 11.2. The van der Waals surface area contributed by atoms with Crippen molar-refractivity contribution in [3.63, 3.8) is 0 Å². The molecule has 2 aromatic rings. The number of aryl methyl sites for hydroxylation is 1. The molecule has 0 saturated carbocycles. The quantitative estimate of drug-likeness (QED) is 0.834. The minimum absolute atomic E-state index is 0.343. The first kappa shape index (κ1) is 10.4. The van der Waals surface area contributed by atoms with Gasteiger partial charge in [0, 0.05) is 18.0 Å². The molecule has 80 valence electrons. The first-order valence-corrected chi connectivity index (χ1v) is 4.93. The highest BCUT2D eigenvalue weighted by Gasteiger charge is 2.13. The second-order valence-corrected chi connectivity index (χ2v) is 3.54. The molecule has 0 fully saturated rings. The Labute approximate surface area is 93.4 Å². The summed E-state index contributed by atoms with van der Waals surface area (Å²) in [5.74, 6) is -0.906. The molecule has 0 aliphatic carbocycles. The first-order chi connectivity index (χ1) is 7.70. The third-order valence-corrected chi connectivity index (χ3v) is 2.46. The molecule has 0 amide bonds. The Balaban J connectivity index is 2.66. The van der Waals surface area contributed by atoms with Crippen LogP contribution < -0.4 is 0 Å². The number of aromatic carboxylic acids is 1. The second-order valence-electron chi connectivity index (χ2n) is 3.54. The van der Waals surface area contributed by atoms with Crippen LogP contribution in [0.2, 0.25) is 0 Å². The average molecular weight is 213 g/mol. The van der Waals surface area contributed by atoms with Crippen LogP contribution in [0.4, 0.5) is 0 Å². The lowest BCUT2D eigenvalue weighted by molar-refractivity contribution is 0.0697. The van der Waals surface area contributed by atoms with E-state index in [-0.39, 0.29) is 0 Å². The number of carboxylic acids is 1. The number of nitrogens with zero attached hydrogens (tertiary/aromatic N) is 1. The second kappa shape index (κ2) is 4.14. The summed E-state index contributed by atoms with van der Waals surface area (Å²) in [5, 5.41) is 9.19. The summed E-state index contributed by atoms with van der Waals surface area (Å²) in [5.41, 5.74) is 2.63. The van der Waals surface area contributed by atoms with Gasteiger partial charge < -0.3 is 5.11 Å². The van der Waals surface area contributed by atoms with Gasteiger partial charge in [0.15, 0.2) is 0 Å². The molecule has 3 heteroatoms. The predicted molar refractivity (Wildman–Crippen MR) is 61.4 cm³/mol. The molecule has 1 N–H and O–H groups in total. The van der Waals surface area contributed by atoms with Crippen molar-refractivity contribution >= 4 is 5.97 Å². The standard InChI is InChI=1S/C13H11NO2/c1-9-4-2-6-11(12(9)13(15)16)10-5-3-7-14-8-10/h2-8H,1H3,(H,15,16). The Bertz CT molecular complexity index is 521. The van der Waals surface area contributed by atoms with E-state index < -0.39 is 5.97 Å². The molecule has 0 spiro atoms. The molecule has 16 heavy (non-hydrogen) atoms. The zero-order valence-electron chi connectivity index (χ0n) is 8.84. The summed E-state index contributed by atoms with van der Waals surface area (Å²) in [4.78, 5) is 15.2. The van der Waals surface area contributed by atoms with Crippen LogP contribution in [0.3, 0.4) is 0 Å². The minimum Gasteiger partial charge on any atom is -0.478 e. The van der Waals surface area contributed by atoms with Gasteiger partial charge in [-0.2, -0.15) is 0 Å². The van der Waals surface area contributed by atoms with Crippen LogP contribution in [-0.2, 0) is 0 Å². The molecule has 0 aliphatic heterocycles. The van der Waals surface area contributed by atoms with E-state index in [0.717, 1.165) is 11.1 Å². The molecule has 3 nitrogen and oxygen atoms in total. The summed E-state index contributed by atoms with van der Waals surface area (Å²) >= 11 is 0. The Morgan fingerprint density at radius 3 is 2.69 bits per heavy atom. The zero-order chi connectivity index (χ0) is 11.5. The van der Waals surface area contributed by atoms with Crippen molar-refractivity contribution in [1.82, 2.24) is 4.98 Å². The van der Waals surface area contributed by atoms with E-state index in [1.165, 1.54) is 0 Å². The van der Waals surface area contributed by atoms with Gasteiger partial charge in [0.2, 0.25) is 0 Å². The molecular formula is C13H11NO2. The Kier molecular flexibility index (Phi) is 2.68. The van der Waals surface area contributed by atoms with Gasteiger partial charge in [-0.25, -0.2) is 4.79 Å². The van der Waals surface area contributed by atoms with Crippen molar-refractivity contribution in [2.45, 2.75) is 6.92 Å². The summed E-state index contributed by atoms with van der Waals surface area (Å²) in [7, 11) is 0. The number of aromatic nitrogens is 1. The van der Waals surface area contributed by atoms with Gasteiger partial charge >= 0.3 is 5.97 Å². The van der Waals surface area contributed by atoms with Gasteiger partial charge in [0.05, 0.1) is 5.56 Å². The maximum absolute atomic E-state index is 11.2. The summed E-state index contributed by atoms with van der Waals surface area (Å²) in [6, 6.07) is 9.10. The molecule has 0 radical (unpaired) electrons. The van der Waals surface area contributed by atoms with Crippen molar-refractivity contribution in [3.05, 3.63) is 53.9 Å². The lowest BCUT2D eigenvalue weighted by Gasteiger charge is -2.08. The molecule has 0 atom stereocenters. The number of carboxylic acid groups (broad SMARTS) is 1. The molecule has 2 rings (SSSR count). The van der Waals surface area contributed by atoms with Gasteiger partial charge in [0.25, 0.3) is 0 Å². The van der Waals surface area contributed by atoms with Crippen molar-refractivity contribution in [3.8, 4) is 11.1 Å². The molecule has 0 bridgehead atoms. The van der Waals surface area contributed by atoms with Crippen LogP contribution in [-0.4, -0.2) is 16.1 Å². The number of benzene rings is 1. The monoisotopic (exact) mass is 213 g/mol. The van der Waals surface area contributed by atoms with Crippen LogP contribution in [0.1, 0.15) is 15.9 Å². The van der Waals surface area contributed by atoms with Crippen LogP contribution in [0, 0.1) is 6.92 Å². The van der Waals surface area contributed by atoms with Gasteiger partial charge in [0.1, 0.15) is 0 Å². The number of rotatable bonds is 2. The third-order valence-electron chi connectivity index (χ3n) is 2.46. The Hall–Kier alpha value is -2.16. The Morgan fingerprint density at radius 2 is 2.06 bits per heavy atom. The van der Waals surface area contributed by atoms with E-state index in [4.69, 9.17) is 0 Å². The minimum atomic E-state index is -0.906. The third kappa shape index (κ3) is 1.80. The van der Waals surface area contributed by atoms with Crippen LogP contribution in [0.25, 0.3) is 11.1 Å². The number of pyridine rings is 1. The highest BCUT2D eigenvalue weighted by Crippen LogP contribution is 2.25. The van der Waals surface area contributed by atoms with E-state index in [1.807, 2.05) is 12.1 Å². The number of hydrogen-bond donors (Lipinski definition) is 1. The molecular weight excluding hydrogens is 202 g/mol.